The van der Waals surface area contributed by atoms with Gasteiger partial charge in [0.1, 0.15) is 5.76 Å². The molecule has 1 amide bonds. The molecule has 0 saturated heterocycles. The van der Waals surface area contributed by atoms with Crippen molar-refractivity contribution in [3.63, 3.8) is 0 Å². The number of fused-ring (bicyclic) bond motifs is 1. The minimum atomic E-state index is -0.0664. The number of carbonyl (C=O) groups excluding carboxylic acids is 1. The van der Waals surface area contributed by atoms with Crippen LogP contribution in [0.2, 0.25) is 0 Å². The Labute approximate surface area is 168 Å². The number of aromatic nitrogens is 1. The van der Waals surface area contributed by atoms with E-state index in [9.17, 15) is 4.79 Å². The number of hydrogen-bond acceptors (Lipinski definition) is 4. The molecule has 28 heavy (non-hydrogen) atoms. The van der Waals surface area contributed by atoms with Crippen LogP contribution in [0.25, 0.3) is 10.2 Å². The summed E-state index contributed by atoms with van der Waals surface area (Å²) in [4.78, 5) is 20.1. The number of hydrogen-bond donors (Lipinski definition) is 0. The van der Waals surface area contributed by atoms with Crippen molar-refractivity contribution in [1.82, 2.24) is 4.98 Å². The predicted molar refractivity (Wildman–Crippen MR) is 114 cm³/mol. The van der Waals surface area contributed by atoms with Crippen molar-refractivity contribution in [2.24, 2.45) is 0 Å². The maximum Gasteiger partial charge on any atom is 0.260 e. The molecule has 0 bridgehead atoms. The normalized spacial score (nSPS) is 11.1. The Hall–Kier alpha value is -2.92. The standard InChI is InChI=1S/C23H22N2O2S/c1-14-7-10-19(17(4)12-14)22(26)25(13-18-6-5-11-27-18)23-24-20-15(2)8-9-16(3)21(20)28-23/h5-12H,13H2,1-4H3. The summed E-state index contributed by atoms with van der Waals surface area (Å²) in [5.74, 6) is 0.661. The summed E-state index contributed by atoms with van der Waals surface area (Å²) in [6.07, 6.45) is 1.63. The molecule has 0 N–H and O–H groups in total. The fourth-order valence-corrected chi connectivity index (χ4v) is 4.46. The van der Waals surface area contributed by atoms with Gasteiger partial charge in [-0.25, -0.2) is 4.98 Å². The van der Waals surface area contributed by atoms with Crippen LogP contribution in [0.15, 0.2) is 53.1 Å². The molecule has 0 unspecified atom stereocenters. The fraction of sp³-hybridized carbons (Fsp3) is 0.217. The summed E-state index contributed by atoms with van der Waals surface area (Å²) in [6, 6.07) is 13.8. The molecule has 0 aliphatic carbocycles. The highest BCUT2D eigenvalue weighted by atomic mass is 32.1. The minimum absolute atomic E-state index is 0.0664. The molecule has 142 valence electrons. The van der Waals surface area contributed by atoms with Gasteiger partial charge in [-0.1, -0.05) is 41.2 Å². The summed E-state index contributed by atoms with van der Waals surface area (Å²) >= 11 is 1.55. The summed E-state index contributed by atoms with van der Waals surface area (Å²) in [7, 11) is 0. The van der Waals surface area contributed by atoms with Crippen LogP contribution >= 0.6 is 11.3 Å². The first-order chi connectivity index (χ1) is 13.4. The van der Waals surface area contributed by atoms with Gasteiger partial charge in [0.15, 0.2) is 5.13 Å². The van der Waals surface area contributed by atoms with Gasteiger partial charge >= 0.3 is 0 Å². The number of benzene rings is 2. The van der Waals surface area contributed by atoms with Crippen LogP contribution in [0, 0.1) is 27.7 Å². The summed E-state index contributed by atoms with van der Waals surface area (Å²) < 4.78 is 6.64. The number of anilines is 1. The number of furan rings is 1. The molecule has 2 aromatic carbocycles. The van der Waals surface area contributed by atoms with Crippen LogP contribution in [0.1, 0.15) is 38.4 Å². The maximum atomic E-state index is 13.5. The molecule has 0 atom stereocenters. The molecule has 4 aromatic rings. The van der Waals surface area contributed by atoms with Gasteiger partial charge in [0.2, 0.25) is 0 Å². The Bertz CT molecular complexity index is 1120. The van der Waals surface area contributed by atoms with Gasteiger partial charge in [0.25, 0.3) is 5.91 Å². The number of rotatable bonds is 4. The smallest absolute Gasteiger partial charge is 0.260 e. The zero-order valence-electron chi connectivity index (χ0n) is 16.4. The Morgan fingerprint density at radius 1 is 1.04 bits per heavy atom. The first kappa shape index (κ1) is 18.4. The third kappa shape index (κ3) is 3.34. The maximum absolute atomic E-state index is 13.5. The van der Waals surface area contributed by atoms with Crippen molar-refractivity contribution in [2.75, 3.05) is 4.90 Å². The van der Waals surface area contributed by atoms with Crippen LogP contribution in [0.3, 0.4) is 0 Å². The van der Waals surface area contributed by atoms with E-state index in [4.69, 9.17) is 9.40 Å². The van der Waals surface area contributed by atoms with Gasteiger partial charge in [-0.2, -0.15) is 0 Å². The second-order valence-corrected chi connectivity index (χ2v) is 8.14. The predicted octanol–water partition coefficient (Wildman–Crippen LogP) is 5.97. The first-order valence-electron chi connectivity index (χ1n) is 9.22. The van der Waals surface area contributed by atoms with E-state index >= 15 is 0 Å². The van der Waals surface area contributed by atoms with Crippen molar-refractivity contribution in [2.45, 2.75) is 34.2 Å². The highest BCUT2D eigenvalue weighted by Gasteiger charge is 2.24. The van der Waals surface area contributed by atoms with Gasteiger partial charge in [-0.05, 0) is 62.6 Å². The van der Waals surface area contributed by atoms with Crippen molar-refractivity contribution >= 4 is 32.6 Å². The van der Waals surface area contributed by atoms with E-state index in [1.54, 1.807) is 22.5 Å². The van der Waals surface area contributed by atoms with Crippen LogP contribution < -0.4 is 4.90 Å². The monoisotopic (exact) mass is 390 g/mol. The quantitative estimate of drug-likeness (QED) is 0.431. The number of carbonyl (C=O) groups is 1. The zero-order valence-corrected chi connectivity index (χ0v) is 17.3. The van der Waals surface area contributed by atoms with Crippen LogP contribution in [0.5, 0.6) is 0 Å². The number of thiazole rings is 1. The third-order valence-corrected chi connectivity index (χ3v) is 6.13. The molecule has 2 aromatic heterocycles. The van der Waals surface area contributed by atoms with Crippen molar-refractivity contribution in [1.29, 1.82) is 0 Å². The van der Waals surface area contributed by atoms with Crippen LogP contribution in [-0.4, -0.2) is 10.9 Å². The van der Waals surface area contributed by atoms with E-state index in [0.717, 1.165) is 32.7 Å². The Balaban J connectivity index is 1.83. The lowest BCUT2D eigenvalue weighted by Crippen LogP contribution is -2.30. The summed E-state index contributed by atoms with van der Waals surface area (Å²) in [5, 5.41) is 0.689. The van der Waals surface area contributed by atoms with Gasteiger partial charge in [-0.3, -0.25) is 9.69 Å². The lowest BCUT2D eigenvalue weighted by molar-refractivity contribution is 0.0982. The van der Waals surface area contributed by atoms with Crippen LogP contribution in [0.4, 0.5) is 5.13 Å². The van der Waals surface area contributed by atoms with E-state index in [0.29, 0.717) is 17.2 Å². The third-order valence-electron chi connectivity index (χ3n) is 4.91. The average molecular weight is 391 g/mol. The average Bonchev–Trinajstić information content (AvgIpc) is 3.32. The lowest BCUT2D eigenvalue weighted by atomic mass is 10.0. The topological polar surface area (TPSA) is 46.3 Å². The molecule has 0 fully saturated rings. The molecular formula is C23H22N2O2S. The molecule has 2 heterocycles. The second kappa shape index (κ2) is 7.24. The lowest BCUT2D eigenvalue weighted by Gasteiger charge is -2.20. The molecule has 0 spiro atoms. The Morgan fingerprint density at radius 3 is 2.50 bits per heavy atom. The molecule has 4 rings (SSSR count). The SMILES string of the molecule is Cc1ccc(C(=O)N(Cc2ccco2)c2nc3c(C)ccc(C)c3s2)c(C)c1. The van der Waals surface area contributed by atoms with E-state index < -0.39 is 0 Å². The molecule has 0 aliphatic rings. The first-order valence-corrected chi connectivity index (χ1v) is 10.0. The number of nitrogens with zero attached hydrogens (tertiary/aromatic N) is 2. The van der Waals surface area contributed by atoms with Crippen LogP contribution in [-0.2, 0) is 6.54 Å². The largest absolute Gasteiger partial charge is 0.467 e. The van der Waals surface area contributed by atoms with Gasteiger partial charge in [0.05, 0.1) is 23.0 Å². The minimum Gasteiger partial charge on any atom is -0.467 e. The van der Waals surface area contributed by atoms with Crippen molar-refractivity contribution < 1.29 is 9.21 Å². The Morgan fingerprint density at radius 2 is 1.82 bits per heavy atom. The molecular weight excluding hydrogens is 368 g/mol. The second-order valence-electron chi connectivity index (χ2n) is 7.16. The molecule has 0 aliphatic heterocycles. The van der Waals surface area contributed by atoms with E-state index in [2.05, 4.69) is 19.1 Å². The molecule has 0 saturated carbocycles. The summed E-state index contributed by atoms with van der Waals surface area (Å²) in [5.41, 5.74) is 6.02. The van der Waals surface area contributed by atoms with Crippen molar-refractivity contribution in [3.05, 3.63) is 82.3 Å². The Kier molecular flexibility index (Phi) is 4.77. The highest BCUT2D eigenvalue weighted by Crippen LogP contribution is 2.34. The van der Waals surface area contributed by atoms with Crippen molar-refractivity contribution in [3.8, 4) is 0 Å². The van der Waals surface area contributed by atoms with Gasteiger partial charge in [0, 0.05) is 5.56 Å². The zero-order chi connectivity index (χ0) is 19.8. The highest BCUT2D eigenvalue weighted by molar-refractivity contribution is 7.22. The molecule has 0 radical (unpaired) electrons. The van der Waals surface area contributed by atoms with E-state index in [1.807, 2.05) is 51.1 Å². The van der Waals surface area contributed by atoms with E-state index in [-0.39, 0.29) is 5.91 Å². The van der Waals surface area contributed by atoms with Gasteiger partial charge < -0.3 is 4.42 Å². The summed E-state index contributed by atoms with van der Waals surface area (Å²) in [6.45, 7) is 8.47. The van der Waals surface area contributed by atoms with Gasteiger partial charge in [-0.15, -0.1) is 0 Å². The molecule has 5 heteroatoms. The number of amides is 1. The fourth-order valence-electron chi connectivity index (χ4n) is 3.35. The number of aryl methyl sites for hydroxylation is 4. The van der Waals surface area contributed by atoms with E-state index in [1.165, 1.54) is 5.56 Å². The molecule has 4 nitrogen and oxygen atoms in total.